The van der Waals surface area contributed by atoms with Crippen LogP contribution in [0.4, 0.5) is 0 Å². The molecule has 0 bridgehead atoms. The average molecular weight is 247 g/mol. The zero-order valence-corrected chi connectivity index (χ0v) is 10.8. The van der Waals surface area contributed by atoms with Gasteiger partial charge >= 0.3 is 0 Å². The van der Waals surface area contributed by atoms with Gasteiger partial charge in [-0.2, -0.15) is 4.68 Å². The van der Waals surface area contributed by atoms with Crippen molar-refractivity contribution in [3.63, 3.8) is 0 Å². The number of nitrogens with one attached hydrogen (secondary N) is 1. The topological polar surface area (TPSA) is 64.9 Å². The highest BCUT2D eigenvalue weighted by Crippen LogP contribution is 2.16. The molecule has 0 fully saturated rings. The summed E-state index contributed by atoms with van der Waals surface area (Å²) in [5.74, 6) is 1.62. The number of tetrazole rings is 1. The van der Waals surface area contributed by atoms with E-state index in [2.05, 4.69) is 20.8 Å². The standard InChI is InChI=1S/C12H17N5O/c1-9(2)18-11-6-4-10(5-7-11)17-12(8-13-3)14-15-16-17/h4-7,9,13H,8H2,1-3H3. The number of hydrogen-bond acceptors (Lipinski definition) is 5. The Hall–Kier alpha value is -1.95. The van der Waals surface area contributed by atoms with Crippen LogP contribution in [0, 0.1) is 0 Å². The monoisotopic (exact) mass is 247 g/mol. The second-order valence-corrected chi connectivity index (χ2v) is 4.20. The molecular weight excluding hydrogens is 230 g/mol. The Balaban J connectivity index is 2.20. The Labute approximate surface area is 106 Å². The van der Waals surface area contributed by atoms with Crippen LogP contribution in [-0.2, 0) is 6.54 Å². The maximum atomic E-state index is 5.59. The van der Waals surface area contributed by atoms with Gasteiger partial charge in [-0.15, -0.1) is 5.10 Å². The fraction of sp³-hybridized carbons (Fsp3) is 0.417. The molecule has 0 unspecified atom stereocenters. The summed E-state index contributed by atoms with van der Waals surface area (Å²) in [6.45, 7) is 4.62. The van der Waals surface area contributed by atoms with Crippen LogP contribution in [0.2, 0.25) is 0 Å². The minimum absolute atomic E-state index is 0.170. The molecule has 0 saturated carbocycles. The summed E-state index contributed by atoms with van der Waals surface area (Å²) in [5, 5.41) is 14.6. The van der Waals surface area contributed by atoms with E-state index < -0.39 is 0 Å². The Morgan fingerprint density at radius 2 is 2.00 bits per heavy atom. The zero-order valence-electron chi connectivity index (χ0n) is 10.8. The van der Waals surface area contributed by atoms with Gasteiger partial charge in [-0.25, -0.2) is 0 Å². The molecule has 0 aliphatic rings. The predicted molar refractivity (Wildman–Crippen MR) is 67.7 cm³/mol. The van der Waals surface area contributed by atoms with Gasteiger partial charge in [0.05, 0.1) is 18.3 Å². The van der Waals surface area contributed by atoms with Crippen LogP contribution in [0.3, 0.4) is 0 Å². The van der Waals surface area contributed by atoms with Crippen molar-refractivity contribution < 1.29 is 4.74 Å². The molecule has 1 N–H and O–H groups in total. The van der Waals surface area contributed by atoms with E-state index in [1.807, 2.05) is 45.2 Å². The zero-order chi connectivity index (χ0) is 13.0. The molecule has 0 amide bonds. The molecule has 6 nitrogen and oxygen atoms in total. The smallest absolute Gasteiger partial charge is 0.170 e. The molecule has 0 aliphatic heterocycles. The minimum atomic E-state index is 0.170. The first-order valence-electron chi connectivity index (χ1n) is 5.89. The molecule has 6 heteroatoms. The first-order chi connectivity index (χ1) is 8.70. The van der Waals surface area contributed by atoms with E-state index in [0.717, 1.165) is 17.3 Å². The van der Waals surface area contributed by atoms with Crippen molar-refractivity contribution in [2.24, 2.45) is 0 Å². The molecule has 1 aromatic heterocycles. The number of hydrogen-bond donors (Lipinski definition) is 1. The third kappa shape index (κ3) is 2.84. The summed E-state index contributed by atoms with van der Waals surface area (Å²) in [4.78, 5) is 0. The van der Waals surface area contributed by atoms with E-state index in [1.54, 1.807) is 4.68 Å². The fourth-order valence-electron chi connectivity index (χ4n) is 1.61. The molecule has 1 heterocycles. The Kier molecular flexibility index (Phi) is 3.88. The van der Waals surface area contributed by atoms with Crippen molar-refractivity contribution in [2.45, 2.75) is 26.5 Å². The van der Waals surface area contributed by atoms with Gasteiger partial charge in [-0.05, 0) is 55.6 Å². The second kappa shape index (κ2) is 5.59. The van der Waals surface area contributed by atoms with E-state index in [1.165, 1.54) is 0 Å². The summed E-state index contributed by atoms with van der Waals surface area (Å²) in [6, 6.07) is 7.71. The van der Waals surface area contributed by atoms with E-state index in [4.69, 9.17) is 4.74 Å². The highest BCUT2D eigenvalue weighted by molar-refractivity contribution is 5.37. The molecule has 0 spiro atoms. The van der Waals surface area contributed by atoms with Crippen LogP contribution >= 0.6 is 0 Å². The normalized spacial score (nSPS) is 10.9. The first kappa shape index (κ1) is 12.5. The largest absolute Gasteiger partial charge is 0.491 e. The number of ether oxygens (including phenoxy) is 1. The summed E-state index contributed by atoms with van der Waals surface area (Å²) >= 11 is 0. The number of aromatic nitrogens is 4. The van der Waals surface area contributed by atoms with Crippen molar-refractivity contribution in [2.75, 3.05) is 7.05 Å². The Morgan fingerprint density at radius 3 is 2.61 bits per heavy atom. The van der Waals surface area contributed by atoms with Crippen LogP contribution in [0.25, 0.3) is 5.69 Å². The van der Waals surface area contributed by atoms with Crippen LogP contribution in [0.1, 0.15) is 19.7 Å². The molecule has 2 aromatic rings. The van der Waals surface area contributed by atoms with Gasteiger partial charge < -0.3 is 10.1 Å². The maximum Gasteiger partial charge on any atom is 0.170 e. The lowest BCUT2D eigenvalue weighted by molar-refractivity contribution is 0.242. The first-order valence-corrected chi connectivity index (χ1v) is 5.89. The van der Waals surface area contributed by atoms with E-state index in [9.17, 15) is 0 Å². The van der Waals surface area contributed by atoms with Gasteiger partial charge in [0.2, 0.25) is 0 Å². The minimum Gasteiger partial charge on any atom is -0.491 e. The summed E-state index contributed by atoms with van der Waals surface area (Å²) in [7, 11) is 1.86. The van der Waals surface area contributed by atoms with Crippen molar-refractivity contribution in [3.8, 4) is 11.4 Å². The molecule has 96 valence electrons. The lowest BCUT2D eigenvalue weighted by atomic mass is 10.3. The fourth-order valence-corrected chi connectivity index (χ4v) is 1.61. The quantitative estimate of drug-likeness (QED) is 0.859. The molecule has 18 heavy (non-hydrogen) atoms. The van der Waals surface area contributed by atoms with Gasteiger partial charge in [0.25, 0.3) is 0 Å². The van der Waals surface area contributed by atoms with E-state index in [0.29, 0.717) is 6.54 Å². The van der Waals surface area contributed by atoms with Crippen LogP contribution in [0.15, 0.2) is 24.3 Å². The van der Waals surface area contributed by atoms with Crippen molar-refractivity contribution >= 4 is 0 Å². The van der Waals surface area contributed by atoms with Gasteiger partial charge in [-0.1, -0.05) is 0 Å². The molecule has 0 atom stereocenters. The van der Waals surface area contributed by atoms with Crippen LogP contribution in [-0.4, -0.2) is 33.4 Å². The Morgan fingerprint density at radius 1 is 1.28 bits per heavy atom. The van der Waals surface area contributed by atoms with Crippen molar-refractivity contribution in [1.82, 2.24) is 25.5 Å². The lowest BCUT2D eigenvalue weighted by Crippen LogP contribution is -2.12. The third-order valence-corrected chi connectivity index (χ3v) is 2.32. The summed E-state index contributed by atoms with van der Waals surface area (Å²) < 4.78 is 7.30. The summed E-state index contributed by atoms with van der Waals surface area (Å²) in [6.07, 6.45) is 0.170. The van der Waals surface area contributed by atoms with Crippen LogP contribution < -0.4 is 10.1 Å². The van der Waals surface area contributed by atoms with Crippen molar-refractivity contribution in [3.05, 3.63) is 30.1 Å². The number of nitrogens with zero attached hydrogens (tertiary/aromatic N) is 4. The Bertz CT molecular complexity index is 491. The SMILES string of the molecule is CNCc1nnnn1-c1ccc(OC(C)C)cc1. The van der Waals surface area contributed by atoms with Crippen molar-refractivity contribution in [1.29, 1.82) is 0 Å². The van der Waals surface area contributed by atoms with Gasteiger partial charge in [0, 0.05) is 0 Å². The van der Waals surface area contributed by atoms with E-state index in [-0.39, 0.29) is 6.10 Å². The molecule has 0 aliphatic carbocycles. The average Bonchev–Trinajstić information content (AvgIpc) is 2.78. The molecule has 0 radical (unpaired) electrons. The number of benzene rings is 1. The molecular formula is C12H17N5O. The summed E-state index contributed by atoms with van der Waals surface area (Å²) in [5.41, 5.74) is 0.918. The third-order valence-electron chi connectivity index (χ3n) is 2.32. The highest BCUT2D eigenvalue weighted by atomic mass is 16.5. The molecule has 0 saturated heterocycles. The van der Waals surface area contributed by atoms with Gasteiger partial charge in [-0.3, -0.25) is 0 Å². The van der Waals surface area contributed by atoms with Crippen LogP contribution in [0.5, 0.6) is 5.75 Å². The number of rotatable bonds is 5. The van der Waals surface area contributed by atoms with Gasteiger partial charge in [0.15, 0.2) is 5.82 Å². The predicted octanol–water partition coefficient (Wildman–Crippen LogP) is 1.17. The maximum absolute atomic E-state index is 5.59. The van der Waals surface area contributed by atoms with Gasteiger partial charge in [0.1, 0.15) is 5.75 Å². The lowest BCUT2D eigenvalue weighted by Gasteiger charge is -2.10. The van der Waals surface area contributed by atoms with E-state index >= 15 is 0 Å². The second-order valence-electron chi connectivity index (χ2n) is 4.20. The molecule has 1 aromatic carbocycles. The molecule has 2 rings (SSSR count). The highest BCUT2D eigenvalue weighted by Gasteiger charge is 2.07.